The minimum Gasteiger partial charge on any atom is -0.346 e. The molecule has 0 aromatic carbocycles. The van der Waals surface area contributed by atoms with Crippen molar-refractivity contribution in [2.75, 3.05) is 0 Å². The first-order valence-electron chi connectivity index (χ1n) is 4.66. The Morgan fingerprint density at radius 2 is 2.21 bits per heavy atom. The molecule has 2 heterocycles. The molecule has 0 saturated heterocycles. The number of rotatable bonds is 1. The highest BCUT2D eigenvalue weighted by Crippen LogP contribution is 2.14. The zero-order chi connectivity index (χ0) is 10.3. The molecule has 0 atom stereocenters. The lowest BCUT2D eigenvalue weighted by molar-refractivity contribution is 0.568. The summed E-state index contributed by atoms with van der Waals surface area (Å²) in [5.41, 5.74) is 1.58. The van der Waals surface area contributed by atoms with Crippen molar-refractivity contribution in [3.63, 3.8) is 0 Å². The molecule has 14 heavy (non-hydrogen) atoms. The van der Waals surface area contributed by atoms with Gasteiger partial charge in [-0.05, 0) is 26.3 Å². The van der Waals surface area contributed by atoms with Crippen LogP contribution in [0.1, 0.15) is 25.5 Å². The van der Waals surface area contributed by atoms with Crippen molar-refractivity contribution in [3.8, 4) is 0 Å². The molecule has 0 bridgehead atoms. The Morgan fingerprint density at radius 3 is 2.86 bits per heavy atom. The lowest BCUT2D eigenvalue weighted by atomic mass is 10.3. The molecular weight excluding hydrogens is 178 g/mol. The second-order valence-electron chi connectivity index (χ2n) is 3.76. The molecule has 0 unspecified atom stereocenters. The van der Waals surface area contributed by atoms with E-state index in [1.54, 1.807) is 4.57 Å². The number of hydrogen-bond acceptors (Lipinski definition) is 2. The van der Waals surface area contributed by atoms with Crippen LogP contribution in [-0.4, -0.2) is 14.5 Å². The van der Waals surface area contributed by atoms with E-state index < -0.39 is 0 Å². The first-order valence-corrected chi connectivity index (χ1v) is 4.66. The maximum absolute atomic E-state index is 11.5. The molecule has 0 spiro atoms. The molecular formula is C10H13N3O. The third-order valence-corrected chi connectivity index (χ3v) is 2.36. The molecule has 4 heteroatoms. The van der Waals surface area contributed by atoms with Crippen molar-refractivity contribution in [1.82, 2.24) is 14.5 Å². The van der Waals surface area contributed by atoms with E-state index in [1.165, 1.54) is 0 Å². The van der Waals surface area contributed by atoms with Crippen molar-refractivity contribution >= 4 is 11.0 Å². The van der Waals surface area contributed by atoms with E-state index >= 15 is 0 Å². The van der Waals surface area contributed by atoms with Gasteiger partial charge in [0.1, 0.15) is 5.65 Å². The van der Waals surface area contributed by atoms with Crippen molar-refractivity contribution < 1.29 is 0 Å². The van der Waals surface area contributed by atoms with Gasteiger partial charge in [-0.1, -0.05) is 0 Å². The molecule has 0 aliphatic rings. The molecule has 2 aromatic rings. The molecule has 1 N–H and O–H groups in total. The number of H-pyrrole nitrogens is 1. The normalized spacial score (nSPS) is 11.4. The Bertz CT molecular complexity index is 522. The average molecular weight is 191 g/mol. The summed E-state index contributed by atoms with van der Waals surface area (Å²) >= 11 is 0. The predicted octanol–water partition coefficient (Wildman–Crippen LogP) is 1.61. The molecule has 0 radical (unpaired) electrons. The van der Waals surface area contributed by atoms with Gasteiger partial charge in [-0.15, -0.1) is 0 Å². The van der Waals surface area contributed by atoms with Crippen molar-refractivity contribution in [2.45, 2.75) is 26.8 Å². The van der Waals surface area contributed by atoms with Crippen LogP contribution in [-0.2, 0) is 0 Å². The summed E-state index contributed by atoms with van der Waals surface area (Å²) in [5, 5.41) is 1.01. The fourth-order valence-corrected chi connectivity index (χ4v) is 1.49. The van der Waals surface area contributed by atoms with Crippen LogP contribution in [0.5, 0.6) is 0 Å². The number of nitrogens with one attached hydrogen (secondary N) is 1. The molecule has 2 rings (SSSR count). The quantitative estimate of drug-likeness (QED) is 0.744. The first kappa shape index (κ1) is 8.99. The number of aryl methyl sites for hydroxylation is 1. The summed E-state index contributed by atoms with van der Waals surface area (Å²) in [5.74, 6) is 0. The second-order valence-corrected chi connectivity index (χ2v) is 3.76. The highest BCUT2D eigenvalue weighted by atomic mass is 16.1. The van der Waals surface area contributed by atoms with Gasteiger partial charge in [0.2, 0.25) is 0 Å². The second kappa shape index (κ2) is 2.97. The first-order chi connectivity index (χ1) is 6.59. The monoisotopic (exact) mass is 191 g/mol. The number of hydrogen-bond donors (Lipinski definition) is 1. The number of fused-ring (bicyclic) bond motifs is 1. The van der Waals surface area contributed by atoms with Gasteiger partial charge in [-0.3, -0.25) is 4.57 Å². The smallest absolute Gasteiger partial charge is 0.346 e. The minimum absolute atomic E-state index is 0.147. The van der Waals surface area contributed by atoms with E-state index in [0.717, 1.165) is 10.9 Å². The summed E-state index contributed by atoms with van der Waals surface area (Å²) in [4.78, 5) is 18.5. The van der Waals surface area contributed by atoms with Crippen molar-refractivity contribution in [3.05, 3.63) is 28.4 Å². The fraction of sp³-hybridized carbons (Fsp3) is 0.400. The lowest BCUT2D eigenvalue weighted by Crippen LogP contribution is -2.23. The third-order valence-electron chi connectivity index (χ3n) is 2.36. The predicted molar refractivity (Wildman–Crippen MR) is 55.5 cm³/mol. The van der Waals surface area contributed by atoms with Crippen LogP contribution in [0.25, 0.3) is 11.0 Å². The van der Waals surface area contributed by atoms with Gasteiger partial charge in [-0.2, -0.15) is 4.98 Å². The Balaban J connectivity index is 2.81. The summed E-state index contributed by atoms with van der Waals surface area (Å²) in [6, 6.07) is 0.147. The van der Waals surface area contributed by atoms with Gasteiger partial charge < -0.3 is 4.98 Å². The van der Waals surface area contributed by atoms with Crippen LogP contribution in [0.3, 0.4) is 0 Å². The molecule has 74 valence electrons. The fourth-order valence-electron chi connectivity index (χ4n) is 1.49. The maximum Gasteiger partial charge on any atom is 0.349 e. The van der Waals surface area contributed by atoms with Crippen LogP contribution in [0.2, 0.25) is 0 Å². The summed E-state index contributed by atoms with van der Waals surface area (Å²) in [6.45, 7) is 5.93. The van der Waals surface area contributed by atoms with Crippen molar-refractivity contribution in [2.24, 2.45) is 0 Å². The van der Waals surface area contributed by atoms with Gasteiger partial charge >= 0.3 is 5.69 Å². The zero-order valence-electron chi connectivity index (χ0n) is 8.53. The molecule has 0 fully saturated rings. The Labute approximate surface area is 81.6 Å². The van der Waals surface area contributed by atoms with E-state index in [0.29, 0.717) is 5.65 Å². The Morgan fingerprint density at radius 1 is 1.50 bits per heavy atom. The van der Waals surface area contributed by atoms with Gasteiger partial charge in [-0.25, -0.2) is 4.79 Å². The van der Waals surface area contributed by atoms with Crippen LogP contribution < -0.4 is 5.69 Å². The van der Waals surface area contributed by atoms with Gasteiger partial charge in [0.15, 0.2) is 0 Å². The summed E-state index contributed by atoms with van der Waals surface area (Å²) in [7, 11) is 0. The molecule has 0 amide bonds. The number of nitrogens with zero attached hydrogens (tertiary/aromatic N) is 2. The van der Waals surface area contributed by atoms with Crippen LogP contribution in [0.4, 0.5) is 0 Å². The lowest BCUT2D eigenvalue weighted by Gasteiger charge is -2.08. The largest absolute Gasteiger partial charge is 0.349 e. The molecule has 4 nitrogen and oxygen atoms in total. The van der Waals surface area contributed by atoms with Crippen molar-refractivity contribution in [1.29, 1.82) is 0 Å². The zero-order valence-corrected chi connectivity index (χ0v) is 8.53. The van der Waals surface area contributed by atoms with E-state index in [9.17, 15) is 4.79 Å². The number of aromatic nitrogens is 3. The number of aromatic amines is 1. The minimum atomic E-state index is -0.200. The van der Waals surface area contributed by atoms with Crippen LogP contribution >= 0.6 is 0 Å². The Kier molecular flexibility index (Phi) is 1.91. The van der Waals surface area contributed by atoms with E-state index in [1.807, 2.05) is 33.2 Å². The average Bonchev–Trinajstić information content (AvgIpc) is 2.46. The SMILES string of the molecule is Cc1c[nH]c2nc(=O)n(C(C)C)cc12. The maximum atomic E-state index is 11.5. The standard InChI is InChI=1S/C10H13N3O/c1-6(2)13-5-8-7(3)4-11-9(8)12-10(13)14/h4-6H,1-3H3,(H,11,12,14). The molecule has 2 aromatic heterocycles. The van der Waals surface area contributed by atoms with Gasteiger partial charge in [0.25, 0.3) is 0 Å². The van der Waals surface area contributed by atoms with Gasteiger partial charge in [0, 0.05) is 23.8 Å². The summed E-state index contributed by atoms with van der Waals surface area (Å²) in [6.07, 6.45) is 3.73. The van der Waals surface area contributed by atoms with Gasteiger partial charge in [0.05, 0.1) is 0 Å². The Hall–Kier alpha value is -1.58. The van der Waals surface area contributed by atoms with E-state index in [2.05, 4.69) is 9.97 Å². The topological polar surface area (TPSA) is 50.7 Å². The van der Waals surface area contributed by atoms with Crippen LogP contribution in [0, 0.1) is 6.92 Å². The van der Waals surface area contributed by atoms with E-state index in [-0.39, 0.29) is 11.7 Å². The molecule has 0 aliphatic carbocycles. The summed E-state index contributed by atoms with van der Waals surface area (Å²) < 4.78 is 1.64. The van der Waals surface area contributed by atoms with E-state index in [4.69, 9.17) is 0 Å². The molecule has 0 saturated carbocycles. The molecule has 0 aliphatic heterocycles. The third kappa shape index (κ3) is 1.23. The highest BCUT2D eigenvalue weighted by Gasteiger charge is 2.06. The van der Waals surface area contributed by atoms with Crippen LogP contribution in [0.15, 0.2) is 17.2 Å². The highest BCUT2D eigenvalue weighted by molar-refractivity contribution is 5.78.